The molecule has 0 radical (unpaired) electrons. The summed E-state index contributed by atoms with van der Waals surface area (Å²) >= 11 is 0. The van der Waals surface area contributed by atoms with E-state index in [2.05, 4.69) is 0 Å². The van der Waals surface area contributed by atoms with E-state index in [9.17, 15) is 14.4 Å². The predicted molar refractivity (Wildman–Crippen MR) is 105 cm³/mol. The lowest BCUT2D eigenvalue weighted by Crippen LogP contribution is -2.61. The number of hydrogen-bond acceptors (Lipinski definition) is 7. The molecule has 3 aliphatic rings. The lowest BCUT2D eigenvalue weighted by atomic mass is 9.45. The molecule has 0 N–H and O–H groups in total. The highest BCUT2D eigenvalue weighted by Crippen LogP contribution is 2.66. The van der Waals surface area contributed by atoms with Gasteiger partial charge in [0.05, 0.1) is 25.1 Å². The Morgan fingerprint density at radius 2 is 2.07 bits per heavy atom. The zero-order valence-electron chi connectivity index (χ0n) is 17.8. The zero-order valence-corrected chi connectivity index (χ0v) is 17.8. The highest BCUT2D eigenvalue weighted by Gasteiger charge is 2.69. The maximum atomic E-state index is 13.4. The Kier molecular flexibility index (Phi) is 5.03. The van der Waals surface area contributed by atoms with E-state index in [4.69, 9.17) is 18.6 Å². The molecule has 1 aromatic rings. The third kappa shape index (κ3) is 2.81. The molecule has 2 fully saturated rings. The number of fused-ring (bicyclic) bond motifs is 2. The first-order valence-corrected chi connectivity index (χ1v) is 10.4. The Bertz CT molecular complexity index is 885. The second kappa shape index (κ2) is 7.29. The molecule has 7 heteroatoms. The molecule has 30 heavy (non-hydrogen) atoms. The van der Waals surface area contributed by atoms with Crippen LogP contribution in [-0.4, -0.2) is 31.1 Å². The summed E-state index contributed by atoms with van der Waals surface area (Å²) in [5.74, 6) is -1.39. The average Bonchev–Trinajstić information content (AvgIpc) is 3.34. The summed E-state index contributed by atoms with van der Waals surface area (Å²) < 4.78 is 21.9. The normalized spacial score (nSPS) is 37.9. The Hall–Kier alpha value is -2.57. The molecular formula is C23H28O7. The topological polar surface area (TPSA) is 92.0 Å². The van der Waals surface area contributed by atoms with Crippen LogP contribution in [0.1, 0.15) is 58.1 Å². The van der Waals surface area contributed by atoms with E-state index in [1.807, 2.05) is 26.0 Å². The third-order valence-corrected chi connectivity index (χ3v) is 7.63. The van der Waals surface area contributed by atoms with Gasteiger partial charge in [-0.1, -0.05) is 19.9 Å². The molecule has 1 saturated carbocycles. The van der Waals surface area contributed by atoms with E-state index in [-0.39, 0.29) is 23.9 Å². The molecule has 1 aromatic heterocycles. The van der Waals surface area contributed by atoms with Gasteiger partial charge >= 0.3 is 17.9 Å². The number of methoxy groups -OCH3 is 1. The minimum absolute atomic E-state index is 0.0821. The first kappa shape index (κ1) is 20.7. The predicted octanol–water partition coefficient (Wildman–Crippen LogP) is 3.74. The van der Waals surface area contributed by atoms with Crippen molar-refractivity contribution in [2.45, 2.75) is 58.7 Å². The maximum Gasteiger partial charge on any atom is 0.334 e. The largest absolute Gasteiger partial charge is 0.472 e. The van der Waals surface area contributed by atoms with Gasteiger partial charge in [-0.15, -0.1) is 0 Å². The van der Waals surface area contributed by atoms with Gasteiger partial charge in [0.2, 0.25) is 0 Å². The fourth-order valence-corrected chi connectivity index (χ4v) is 6.20. The molecule has 7 nitrogen and oxygen atoms in total. The van der Waals surface area contributed by atoms with E-state index in [1.165, 1.54) is 14.0 Å². The van der Waals surface area contributed by atoms with Crippen molar-refractivity contribution in [2.24, 2.45) is 22.7 Å². The number of carbonyl (C=O) groups excluding carboxylic acids is 3. The van der Waals surface area contributed by atoms with Crippen LogP contribution in [0.4, 0.5) is 0 Å². The van der Waals surface area contributed by atoms with Gasteiger partial charge < -0.3 is 18.6 Å². The Balaban J connectivity index is 1.81. The van der Waals surface area contributed by atoms with E-state index >= 15 is 0 Å². The standard InChI is InChI=1S/C23H28O7/c1-13-10-19(29-14(2)24)22(3)16(20(25)27-4)6-5-7-18(22)23(13)11-17(30-21(23)26)15-8-9-28-12-15/h6,8-9,12-13,17-19H,5,7,10-11H2,1-4H3/t13-,17+,18+,19+,22+,23-/m1/s1. The van der Waals surface area contributed by atoms with E-state index < -0.39 is 28.9 Å². The van der Waals surface area contributed by atoms with Crippen LogP contribution in [0.15, 0.2) is 34.7 Å². The minimum Gasteiger partial charge on any atom is -0.472 e. The SMILES string of the molecule is COC(=O)C1=CCC[C@H]2[C@@]1(C)[C@@H](OC(C)=O)C[C@@H](C)[C@]21C[C@@H](c2ccoc2)OC1=O. The fraction of sp³-hybridized carbons (Fsp3) is 0.609. The number of carbonyl (C=O) groups is 3. The Morgan fingerprint density at radius 3 is 2.70 bits per heavy atom. The van der Waals surface area contributed by atoms with Crippen LogP contribution in [0.2, 0.25) is 0 Å². The second-order valence-corrected chi connectivity index (χ2v) is 8.95. The zero-order chi connectivity index (χ0) is 21.7. The van der Waals surface area contributed by atoms with Crippen LogP contribution in [0, 0.1) is 22.7 Å². The summed E-state index contributed by atoms with van der Waals surface area (Å²) in [6.45, 7) is 5.32. The van der Waals surface area contributed by atoms with Crippen LogP contribution < -0.4 is 0 Å². The third-order valence-electron chi connectivity index (χ3n) is 7.63. The molecular weight excluding hydrogens is 388 g/mol. The number of hydrogen-bond donors (Lipinski definition) is 0. The van der Waals surface area contributed by atoms with Gasteiger partial charge in [0.15, 0.2) is 0 Å². The molecule has 6 atom stereocenters. The van der Waals surface area contributed by atoms with Gasteiger partial charge in [-0.05, 0) is 37.2 Å². The molecule has 1 saturated heterocycles. The molecule has 4 rings (SSSR count). The van der Waals surface area contributed by atoms with E-state index in [1.54, 1.807) is 12.5 Å². The Morgan fingerprint density at radius 1 is 1.30 bits per heavy atom. The number of rotatable bonds is 3. The van der Waals surface area contributed by atoms with Crippen LogP contribution in [0.3, 0.4) is 0 Å². The van der Waals surface area contributed by atoms with Crippen molar-refractivity contribution in [2.75, 3.05) is 7.11 Å². The van der Waals surface area contributed by atoms with Crippen molar-refractivity contribution in [3.05, 3.63) is 35.8 Å². The highest BCUT2D eigenvalue weighted by atomic mass is 16.6. The molecule has 1 aliphatic heterocycles. The number of allylic oxidation sites excluding steroid dienone is 1. The molecule has 2 aliphatic carbocycles. The average molecular weight is 416 g/mol. The lowest BCUT2D eigenvalue weighted by Gasteiger charge is -2.58. The van der Waals surface area contributed by atoms with Gasteiger partial charge in [-0.25, -0.2) is 4.79 Å². The molecule has 0 aromatic carbocycles. The van der Waals surface area contributed by atoms with Gasteiger partial charge in [0, 0.05) is 29.9 Å². The molecule has 1 spiro atoms. The van der Waals surface area contributed by atoms with Crippen molar-refractivity contribution >= 4 is 17.9 Å². The first-order valence-electron chi connectivity index (χ1n) is 10.4. The first-order chi connectivity index (χ1) is 14.2. The number of furan rings is 1. The fourth-order valence-electron chi connectivity index (χ4n) is 6.20. The molecule has 0 bridgehead atoms. The summed E-state index contributed by atoms with van der Waals surface area (Å²) in [5, 5.41) is 0. The van der Waals surface area contributed by atoms with Gasteiger partial charge in [-0.3, -0.25) is 9.59 Å². The van der Waals surface area contributed by atoms with Gasteiger partial charge in [0.25, 0.3) is 0 Å². The summed E-state index contributed by atoms with van der Waals surface area (Å²) in [4.78, 5) is 38.1. The quantitative estimate of drug-likeness (QED) is 0.547. The highest BCUT2D eigenvalue weighted by molar-refractivity contribution is 5.91. The summed E-state index contributed by atoms with van der Waals surface area (Å²) in [5.41, 5.74) is -0.302. The van der Waals surface area contributed by atoms with E-state index in [0.717, 1.165) is 5.56 Å². The van der Waals surface area contributed by atoms with Crippen molar-refractivity contribution in [3.63, 3.8) is 0 Å². The van der Waals surface area contributed by atoms with Crippen LogP contribution >= 0.6 is 0 Å². The van der Waals surface area contributed by atoms with Crippen LogP contribution in [0.25, 0.3) is 0 Å². The van der Waals surface area contributed by atoms with Crippen molar-refractivity contribution < 1.29 is 33.0 Å². The van der Waals surface area contributed by atoms with Crippen LogP contribution in [-0.2, 0) is 28.6 Å². The maximum absolute atomic E-state index is 13.4. The smallest absolute Gasteiger partial charge is 0.334 e. The summed E-state index contributed by atoms with van der Waals surface area (Å²) in [7, 11) is 1.34. The van der Waals surface area contributed by atoms with Crippen molar-refractivity contribution in [1.82, 2.24) is 0 Å². The number of esters is 3. The van der Waals surface area contributed by atoms with Crippen molar-refractivity contribution in [3.8, 4) is 0 Å². The molecule has 2 heterocycles. The van der Waals surface area contributed by atoms with Crippen molar-refractivity contribution in [1.29, 1.82) is 0 Å². The van der Waals surface area contributed by atoms with Crippen LogP contribution in [0.5, 0.6) is 0 Å². The Labute approximate surface area is 175 Å². The monoisotopic (exact) mass is 416 g/mol. The lowest BCUT2D eigenvalue weighted by molar-refractivity contribution is -0.186. The summed E-state index contributed by atoms with van der Waals surface area (Å²) in [6, 6.07) is 1.81. The number of ether oxygens (including phenoxy) is 3. The molecule has 0 unspecified atom stereocenters. The second-order valence-electron chi connectivity index (χ2n) is 8.95. The van der Waals surface area contributed by atoms with E-state index in [0.29, 0.717) is 31.3 Å². The number of cyclic esters (lactones) is 1. The molecule has 162 valence electrons. The molecule has 0 amide bonds. The van der Waals surface area contributed by atoms with Gasteiger partial charge in [0.1, 0.15) is 12.2 Å². The summed E-state index contributed by atoms with van der Waals surface area (Å²) in [6.07, 6.45) is 6.46. The van der Waals surface area contributed by atoms with Gasteiger partial charge in [-0.2, -0.15) is 0 Å². The minimum atomic E-state index is -0.839.